The van der Waals surface area contributed by atoms with Gasteiger partial charge in [0.05, 0.1) is 4.92 Å². The summed E-state index contributed by atoms with van der Waals surface area (Å²) in [6.45, 7) is 0. The molecule has 0 bridgehead atoms. The van der Waals surface area contributed by atoms with Crippen molar-refractivity contribution in [3.8, 4) is 0 Å². The van der Waals surface area contributed by atoms with Gasteiger partial charge in [-0.25, -0.2) is 0 Å². The van der Waals surface area contributed by atoms with Crippen LogP contribution in [0.4, 0.5) is 10.1 Å². The highest BCUT2D eigenvalue weighted by Crippen LogP contribution is 2.24. The second-order valence-electron chi connectivity index (χ2n) is 2.20. The van der Waals surface area contributed by atoms with E-state index in [1.54, 1.807) is 0 Å². The minimum atomic E-state index is -0.970. The number of carbonyl (C=O) groups excluding carboxylic acids is 1. The molecule has 0 atom stereocenters. The molecule has 0 aromatic heterocycles. The van der Waals surface area contributed by atoms with Crippen molar-refractivity contribution in [1.29, 1.82) is 0 Å². The Balaban J connectivity index is 3.38. The van der Waals surface area contributed by atoms with Crippen LogP contribution in [0.15, 0.2) is 16.6 Å². The summed E-state index contributed by atoms with van der Waals surface area (Å²) in [5, 5.41) is 10.2. The van der Waals surface area contributed by atoms with Crippen molar-refractivity contribution in [1.82, 2.24) is 0 Å². The number of nitro benzene ring substituents is 1. The molecule has 0 fully saturated rings. The third-order valence-corrected chi connectivity index (χ3v) is 2.08. The summed E-state index contributed by atoms with van der Waals surface area (Å²) in [7, 11) is 0. The molecule has 0 unspecified atom stereocenters. The topological polar surface area (TPSA) is 60.2 Å². The molecule has 1 aromatic rings. The molecular formula is C7H3BrFNO3. The van der Waals surface area contributed by atoms with Gasteiger partial charge in [-0.3, -0.25) is 14.9 Å². The average molecular weight is 248 g/mol. The molecule has 0 aliphatic carbocycles. The maximum atomic E-state index is 12.8. The molecule has 0 N–H and O–H groups in total. The summed E-state index contributed by atoms with van der Waals surface area (Å²) < 4.78 is 13.0. The number of halogens is 2. The largest absolute Gasteiger partial charge is 0.305 e. The van der Waals surface area contributed by atoms with Crippen LogP contribution < -0.4 is 0 Å². The first-order chi connectivity index (χ1) is 6.06. The predicted molar refractivity (Wildman–Crippen MR) is 46.1 cm³/mol. The smallest absolute Gasteiger partial charge is 0.298 e. The number of nitrogens with zero attached hydrogens (tertiary/aromatic N) is 1. The standard InChI is InChI=1S/C7H3BrFNO3/c8-5-2-6(9)7(10(12)13)1-4(5)3-11/h1-3H. The lowest BCUT2D eigenvalue weighted by atomic mass is 10.2. The van der Waals surface area contributed by atoms with Crippen LogP contribution in [-0.4, -0.2) is 11.2 Å². The van der Waals surface area contributed by atoms with E-state index in [1.165, 1.54) is 0 Å². The molecular weight excluding hydrogens is 245 g/mol. The highest BCUT2D eigenvalue weighted by atomic mass is 79.9. The van der Waals surface area contributed by atoms with Gasteiger partial charge in [-0.05, 0) is 22.0 Å². The third-order valence-electron chi connectivity index (χ3n) is 1.39. The average Bonchev–Trinajstić information content (AvgIpc) is 2.03. The molecule has 0 heterocycles. The van der Waals surface area contributed by atoms with Crippen molar-refractivity contribution in [2.75, 3.05) is 0 Å². The molecule has 0 spiro atoms. The fourth-order valence-electron chi connectivity index (χ4n) is 0.784. The van der Waals surface area contributed by atoms with Crippen LogP contribution in [0, 0.1) is 15.9 Å². The molecule has 4 nitrogen and oxygen atoms in total. The van der Waals surface area contributed by atoms with Gasteiger partial charge < -0.3 is 0 Å². The van der Waals surface area contributed by atoms with E-state index >= 15 is 0 Å². The monoisotopic (exact) mass is 247 g/mol. The second-order valence-corrected chi connectivity index (χ2v) is 3.05. The summed E-state index contributed by atoms with van der Waals surface area (Å²) in [6.07, 6.45) is 0.413. The number of carbonyl (C=O) groups is 1. The lowest BCUT2D eigenvalue weighted by Crippen LogP contribution is -1.95. The number of hydrogen-bond donors (Lipinski definition) is 0. The molecule has 6 heteroatoms. The Kier molecular flexibility index (Phi) is 2.72. The van der Waals surface area contributed by atoms with Gasteiger partial charge in [-0.15, -0.1) is 0 Å². The van der Waals surface area contributed by atoms with E-state index in [0.29, 0.717) is 6.29 Å². The maximum absolute atomic E-state index is 12.8. The van der Waals surface area contributed by atoms with E-state index in [2.05, 4.69) is 15.9 Å². The normalized spacial score (nSPS) is 9.69. The third kappa shape index (κ3) is 1.89. The van der Waals surface area contributed by atoms with E-state index in [0.717, 1.165) is 12.1 Å². The molecule has 0 saturated carbocycles. The van der Waals surface area contributed by atoms with Crippen LogP contribution >= 0.6 is 15.9 Å². The van der Waals surface area contributed by atoms with Crippen LogP contribution in [0.1, 0.15) is 10.4 Å². The van der Waals surface area contributed by atoms with E-state index in [-0.39, 0.29) is 10.0 Å². The number of rotatable bonds is 2. The minimum absolute atomic E-state index is 0.0492. The minimum Gasteiger partial charge on any atom is -0.298 e. The first kappa shape index (κ1) is 9.79. The van der Waals surface area contributed by atoms with Crippen molar-refractivity contribution in [3.63, 3.8) is 0 Å². The van der Waals surface area contributed by atoms with Crippen molar-refractivity contribution < 1.29 is 14.1 Å². The lowest BCUT2D eigenvalue weighted by molar-refractivity contribution is -0.387. The Morgan fingerprint density at radius 3 is 2.62 bits per heavy atom. The van der Waals surface area contributed by atoms with Crippen LogP contribution in [0.5, 0.6) is 0 Å². The quantitative estimate of drug-likeness (QED) is 0.458. The van der Waals surface area contributed by atoms with Crippen molar-refractivity contribution >= 4 is 27.9 Å². The molecule has 0 aliphatic rings. The first-order valence-corrected chi connectivity index (χ1v) is 3.94. The summed E-state index contributed by atoms with van der Waals surface area (Å²) in [5.74, 6) is -0.970. The van der Waals surface area contributed by atoms with Gasteiger partial charge >= 0.3 is 5.69 Å². The maximum Gasteiger partial charge on any atom is 0.305 e. The molecule has 1 rings (SSSR count). The summed E-state index contributed by atoms with van der Waals surface area (Å²) in [4.78, 5) is 19.7. The number of nitro groups is 1. The van der Waals surface area contributed by atoms with Gasteiger partial charge in [-0.2, -0.15) is 4.39 Å². The molecule has 1 aromatic carbocycles. The molecule has 0 radical (unpaired) electrons. The van der Waals surface area contributed by atoms with E-state index in [9.17, 15) is 19.3 Å². The summed E-state index contributed by atoms with van der Waals surface area (Å²) in [5.41, 5.74) is -0.654. The molecule has 68 valence electrons. The van der Waals surface area contributed by atoms with Crippen molar-refractivity contribution in [2.24, 2.45) is 0 Å². The van der Waals surface area contributed by atoms with Crippen LogP contribution in [0.2, 0.25) is 0 Å². The Hall–Kier alpha value is -1.30. The van der Waals surface area contributed by atoms with E-state index in [4.69, 9.17) is 0 Å². The Labute approximate surface area is 80.6 Å². The number of hydrogen-bond acceptors (Lipinski definition) is 3. The zero-order valence-corrected chi connectivity index (χ0v) is 7.75. The van der Waals surface area contributed by atoms with Gasteiger partial charge in [0.2, 0.25) is 5.82 Å². The zero-order valence-electron chi connectivity index (χ0n) is 6.16. The van der Waals surface area contributed by atoms with Crippen LogP contribution in [0.3, 0.4) is 0 Å². The SMILES string of the molecule is O=Cc1cc([N+](=O)[O-])c(F)cc1Br. The van der Waals surface area contributed by atoms with Crippen molar-refractivity contribution in [2.45, 2.75) is 0 Å². The Bertz CT molecular complexity index is 380. The molecule has 0 saturated heterocycles. The number of aldehydes is 1. The van der Waals surface area contributed by atoms with Gasteiger partial charge in [0.25, 0.3) is 0 Å². The van der Waals surface area contributed by atoms with Gasteiger partial charge in [-0.1, -0.05) is 0 Å². The van der Waals surface area contributed by atoms with Crippen LogP contribution in [0.25, 0.3) is 0 Å². The van der Waals surface area contributed by atoms with E-state index < -0.39 is 16.4 Å². The summed E-state index contributed by atoms with van der Waals surface area (Å²) in [6, 6.07) is 1.77. The lowest BCUT2D eigenvalue weighted by Gasteiger charge is -1.97. The van der Waals surface area contributed by atoms with E-state index in [1.807, 2.05) is 0 Å². The summed E-state index contributed by atoms with van der Waals surface area (Å²) >= 11 is 2.90. The van der Waals surface area contributed by atoms with Gasteiger partial charge in [0, 0.05) is 16.1 Å². The first-order valence-electron chi connectivity index (χ1n) is 3.15. The van der Waals surface area contributed by atoms with Crippen molar-refractivity contribution in [3.05, 3.63) is 38.1 Å². The van der Waals surface area contributed by atoms with Crippen LogP contribution in [-0.2, 0) is 0 Å². The Morgan fingerprint density at radius 2 is 2.15 bits per heavy atom. The number of benzene rings is 1. The predicted octanol–water partition coefficient (Wildman–Crippen LogP) is 2.31. The molecule has 13 heavy (non-hydrogen) atoms. The highest BCUT2D eigenvalue weighted by Gasteiger charge is 2.16. The zero-order chi connectivity index (χ0) is 10.0. The van der Waals surface area contributed by atoms with Gasteiger partial charge in [0.15, 0.2) is 6.29 Å². The second kappa shape index (κ2) is 3.61. The fourth-order valence-corrected chi connectivity index (χ4v) is 1.19. The van der Waals surface area contributed by atoms with Gasteiger partial charge in [0.1, 0.15) is 0 Å². The Morgan fingerprint density at radius 1 is 1.54 bits per heavy atom. The molecule has 0 amide bonds. The fraction of sp³-hybridized carbons (Fsp3) is 0. The molecule has 0 aliphatic heterocycles. The highest BCUT2D eigenvalue weighted by molar-refractivity contribution is 9.10.